The zero-order valence-corrected chi connectivity index (χ0v) is 17.2. The molecule has 29 heavy (non-hydrogen) atoms. The Hall–Kier alpha value is -3.12. The van der Waals surface area contributed by atoms with Crippen molar-refractivity contribution in [3.8, 4) is 5.75 Å². The summed E-state index contributed by atoms with van der Waals surface area (Å²) in [5.41, 5.74) is 2.48. The number of nitrogens with zero attached hydrogens (tertiary/aromatic N) is 1. The first-order valence-electron chi connectivity index (χ1n) is 9.23. The third-order valence-corrected chi connectivity index (χ3v) is 4.66. The number of carbonyl (C=O) groups excluding carboxylic acids is 3. The number of urea groups is 1. The fraction of sp³-hybridized carbons (Fsp3) is 0.227. The molecule has 0 aliphatic carbocycles. The van der Waals surface area contributed by atoms with Crippen molar-refractivity contribution in [3.05, 3.63) is 63.7 Å². The van der Waals surface area contributed by atoms with Gasteiger partial charge in [-0.1, -0.05) is 36.2 Å². The number of imide groups is 2. The van der Waals surface area contributed by atoms with Crippen molar-refractivity contribution in [1.82, 2.24) is 5.32 Å². The third kappa shape index (κ3) is 4.32. The first-order valence-corrected chi connectivity index (χ1v) is 9.60. The van der Waals surface area contributed by atoms with E-state index in [4.69, 9.17) is 16.3 Å². The van der Waals surface area contributed by atoms with Gasteiger partial charge in [-0.15, -0.1) is 0 Å². The monoisotopic (exact) mass is 412 g/mol. The van der Waals surface area contributed by atoms with E-state index in [2.05, 4.69) is 5.32 Å². The SMILES string of the molecule is CCCOc1ccc(Cl)cc1/C=C1\C(=O)NC(=O)N(c2ccc(C)cc2C)C1=O. The van der Waals surface area contributed by atoms with Gasteiger partial charge < -0.3 is 4.74 Å². The summed E-state index contributed by atoms with van der Waals surface area (Å²) >= 11 is 6.09. The zero-order chi connectivity index (χ0) is 21.1. The molecule has 1 heterocycles. The molecule has 1 aliphatic heterocycles. The summed E-state index contributed by atoms with van der Waals surface area (Å²) in [4.78, 5) is 38.9. The van der Waals surface area contributed by atoms with E-state index in [1.165, 1.54) is 6.08 Å². The van der Waals surface area contributed by atoms with Crippen LogP contribution in [0, 0.1) is 13.8 Å². The van der Waals surface area contributed by atoms with Crippen LogP contribution in [0.2, 0.25) is 5.02 Å². The van der Waals surface area contributed by atoms with Crippen LogP contribution in [0.15, 0.2) is 42.0 Å². The maximum absolute atomic E-state index is 13.1. The third-order valence-electron chi connectivity index (χ3n) is 4.43. The van der Waals surface area contributed by atoms with Crippen molar-refractivity contribution in [1.29, 1.82) is 0 Å². The van der Waals surface area contributed by atoms with Crippen molar-refractivity contribution in [3.63, 3.8) is 0 Å². The molecule has 0 aromatic heterocycles. The number of amides is 4. The van der Waals surface area contributed by atoms with Crippen molar-refractivity contribution in [2.24, 2.45) is 0 Å². The maximum atomic E-state index is 13.1. The average Bonchev–Trinajstić information content (AvgIpc) is 2.66. The lowest BCUT2D eigenvalue weighted by atomic mass is 10.0. The topological polar surface area (TPSA) is 75.7 Å². The van der Waals surface area contributed by atoms with Gasteiger partial charge in [-0.25, -0.2) is 9.69 Å². The molecule has 0 saturated carbocycles. The van der Waals surface area contributed by atoms with Crippen molar-refractivity contribution in [2.45, 2.75) is 27.2 Å². The van der Waals surface area contributed by atoms with Crippen molar-refractivity contribution >= 4 is 41.2 Å². The summed E-state index contributed by atoms with van der Waals surface area (Å²) in [6.07, 6.45) is 2.20. The first kappa shape index (κ1) is 20.6. The van der Waals surface area contributed by atoms with Crippen molar-refractivity contribution in [2.75, 3.05) is 11.5 Å². The highest BCUT2D eigenvalue weighted by Crippen LogP contribution is 2.29. The molecule has 7 heteroatoms. The van der Waals surface area contributed by atoms with Crippen LogP contribution < -0.4 is 15.0 Å². The van der Waals surface area contributed by atoms with E-state index >= 15 is 0 Å². The number of hydrogen-bond acceptors (Lipinski definition) is 4. The number of aryl methyl sites for hydroxylation is 2. The molecule has 4 amide bonds. The first-order chi connectivity index (χ1) is 13.8. The van der Waals surface area contributed by atoms with Crippen LogP contribution in [0.4, 0.5) is 10.5 Å². The van der Waals surface area contributed by atoms with Gasteiger partial charge in [-0.05, 0) is 56.2 Å². The highest BCUT2D eigenvalue weighted by molar-refractivity contribution is 6.39. The van der Waals surface area contributed by atoms with Crippen LogP contribution in [0.1, 0.15) is 30.0 Å². The lowest BCUT2D eigenvalue weighted by Crippen LogP contribution is -2.54. The van der Waals surface area contributed by atoms with Crippen LogP contribution in [-0.4, -0.2) is 24.5 Å². The Morgan fingerprint density at radius 3 is 2.55 bits per heavy atom. The molecule has 1 N–H and O–H groups in total. The van der Waals surface area contributed by atoms with Gasteiger partial charge in [0.05, 0.1) is 12.3 Å². The molecule has 0 radical (unpaired) electrons. The molecule has 2 aromatic carbocycles. The summed E-state index contributed by atoms with van der Waals surface area (Å²) in [5, 5.41) is 2.67. The molecule has 6 nitrogen and oxygen atoms in total. The van der Waals surface area contributed by atoms with E-state index < -0.39 is 17.8 Å². The van der Waals surface area contributed by atoms with E-state index in [0.717, 1.165) is 22.4 Å². The molecule has 0 atom stereocenters. The van der Waals surface area contributed by atoms with Gasteiger partial charge in [0.25, 0.3) is 11.8 Å². The standard InChI is InChI=1S/C22H21ClN2O4/c1-4-9-29-19-8-6-16(23)11-15(19)12-17-20(26)24-22(28)25(21(17)27)18-7-5-13(2)10-14(18)3/h5-8,10-12H,4,9H2,1-3H3,(H,24,26,28)/b17-12+. The highest BCUT2D eigenvalue weighted by atomic mass is 35.5. The van der Waals surface area contributed by atoms with E-state index in [9.17, 15) is 14.4 Å². The predicted molar refractivity (Wildman–Crippen MR) is 112 cm³/mol. The number of barbiturate groups is 1. The average molecular weight is 413 g/mol. The Kier molecular flexibility index (Phi) is 6.03. The summed E-state index contributed by atoms with van der Waals surface area (Å²) < 4.78 is 5.69. The lowest BCUT2D eigenvalue weighted by Gasteiger charge is -2.27. The Balaban J connectivity index is 2.05. The molecule has 1 fully saturated rings. The summed E-state index contributed by atoms with van der Waals surface area (Å²) in [7, 11) is 0. The fourth-order valence-electron chi connectivity index (χ4n) is 3.06. The molecule has 0 spiro atoms. The minimum Gasteiger partial charge on any atom is -0.493 e. The van der Waals surface area contributed by atoms with E-state index in [0.29, 0.717) is 28.6 Å². The van der Waals surface area contributed by atoms with Gasteiger partial charge in [0, 0.05) is 10.6 Å². The number of halogens is 1. The minimum atomic E-state index is -0.780. The number of rotatable bonds is 5. The quantitative estimate of drug-likeness (QED) is 0.583. The largest absolute Gasteiger partial charge is 0.493 e. The molecule has 2 aromatic rings. The van der Waals surface area contributed by atoms with E-state index in [-0.39, 0.29) is 5.57 Å². The van der Waals surface area contributed by atoms with Gasteiger partial charge in [-0.3, -0.25) is 14.9 Å². The Bertz CT molecular complexity index is 1030. The molecule has 0 unspecified atom stereocenters. The fourth-order valence-corrected chi connectivity index (χ4v) is 3.24. The summed E-state index contributed by atoms with van der Waals surface area (Å²) in [6, 6.07) is 9.53. The highest BCUT2D eigenvalue weighted by Gasteiger charge is 2.37. The number of hydrogen-bond donors (Lipinski definition) is 1. The van der Waals surface area contributed by atoms with E-state index in [1.54, 1.807) is 37.3 Å². The zero-order valence-electron chi connectivity index (χ0n) is 16.4. The smallest absolute Gasteiger partial charge is 0.335 e. The summed E-state index contributed by atoms with van der Waals surface area (Å²) in [6.45, 7) is 6.17. The van der Waals surface area contributed by atoms with Crippen LogP contribution in [0.25, 0.3) is 6.08 Å². The van der Waals surface area contributed by atoms with Gasteiger partial charge in [0.2, 0.25) is 0 Å². The van der Waals surface area contributed by atoms with Crippen LogP contribution in [0.3, 0.4) is 0 Å². The van der Waals surface area contributed by atoms with Gasteiger partial charge in [0.15, 0.2) is 0 Å². The van der Waals surface area contributed by atoms with Gasteiger partial charge >= 0.3 is 6.03 Å². The number of nitrogens with one attached hydrogen (secondary N) is 1. The van der Waals surface area contributed by atoms with Crippen LogP contribution in [-0.2, 0) is 9.59 Å². The second-order valence-electron chi connectivity index (χ2n) is 6.78. The van der Waals surface area contributed by atoms with E-state index in [1.807, 2.05) is 19.9 Å². The number of anilines is 1. The Morgan fingerprint density at radius 2 is 1.86 bits per heavy atom. The van der Waals surface area contributed by atoms with Crippen molar-refractivity contribution < 1.29 is 19.1 Å². The predicted octanol–water partition coefficient (Wildman–Crippen LogP) is 4.41. The number of carbonyl (C=O) groups is 3. The molecular weight excluding hydrogens is 392 g/mol. The van der Waals surface area contributed by atoms with Crippen LogP contribution in [0.5, 0.6) is 5.75 Å². The second-order valence-corrected chi connectivity index (χ2v) is 7.21. The van der Waals surface area contributed by atoms with Crippen LogP contribution >= 0.6 is 11.6 Å². The molecule has 1 aliphatic rings. The summed E-state index contributed by atoms with van der Waals surface area (Å²) in [5.74, 6) is -0.964. The van der Waals surface area contributed by atoms with Gasteiger partial charge in [-0.2, -0.15) is 0 Å². The maximum Gasteiger partial charge on any atom is 0.335 e. The molecule has 1 saturated heterocycles. The number of ether oxygens (including phenoxy) is 1. The molecule has 0 bridgehead atoms. The lowest BCUT2D eigenvalue weighted by molar-refractivity contribution is -0.122. The normalized spacial score (nSPS) is 15.7. The van der Waals surface area contributed by atoms with Gasteiger partial charge in [0.1, 0.15) is 11.3 Å². The molecule has 150 valence electrons. The Morgan fingerprint density at radius 1 is 1.10 bits per heavy atom. The molecular formula is C22H21ClN2O4. The Labute approximate surface area is 174 Å². The molecule has 3 rings (SSSR count). The minimum absolute atomic E-state index is 0.173. The number of benzene rings is 2. The second kappa shape index (κ2) is 8.49.